The van der Waals surface area contributed by atoms with Crippen LogP contribution in [0.1, 0.15) is 0 Å². The maximum absolute atomic E-state index is 13.9. The van der Waals surface area contributed by atoms with Gasteiger partial charge in [0.05, 0.1) is 23.4 Å². The van der Waals surface area contributed by atoms with E-state index in [9.17, 15) is 8.78 Å². The van der Waals surface area contributed by atoms with Gasteiger partial charge in [-0.25, -0.2) is 18.4 Å². The Labute approximate surface area is 195 Å². The summed E-state index contributed by atoms with van der Waals surface area (Å²) in [6.07, 6.45) is 0. The molecule has 0 bridgehead atoms. The third-order valence-corrected chi connectivity index (χ3v) is 5.99. The second-order valence-corrected chi connectivity index (χ2v) is 8.18. The Morgan fingerprint density at radius 2 is 1.74 bits per heavy atom. The Bertz CT molecular complexity index is 1300. The fourth-order valence-corrected chi connectivity index (χ4v) is 4.15. The summed E-state index contributed by atoms with van der Waals surface area (Å²) in [5.41, 5.74) is 8.60. The third kappa shape index (κ3) is 4.29. The molecule has 8 nitrogen and oxygen atoms in total. The van der Waals surface area contributed by atoms with Crippen molar-refractivity contribution < 1.29 is 13.5 Å². The number of benzene rings is 2. The SMILES string of the molecule is COCCN1CCN(c2nc(-c3ccc(F)cc3)c3c(N)n(-c4cccc(F)c4)nc3n2)CC1. The van der Waals surface area contributed by atoms with E-state index in [4.69, 9.17) is 20.4 Å². The first-order chi connectivity index (χ1) is 16.5. The van der Waals surface area contributed by atoms with Crippen molar-refractivity contribution in [2.45, 2.75) is 0 Å². The fourth-order valence-electron chi connectivity index (χ4n) is 4.15. The monoisotopic (exact) mass is 465 g/mol. The highest BCUT2D eigenvalue weighted by atomic mass is 19.1. The number of piperazine rings is 1. The predicted molar refractivity (Wildman–Crippen MR) is 127 cm³/mol. The van der Waals surface area contributed by atoms with Crippen molar-refractivity contribution in [3.63, 3.8) is 0 Å². The van der Waals surface area contributed by atoms with Gasteiger partial charge in [0.25, 0.3) is 0 Å². The van der Waals surface area contributed by atoms with Gasteiger partial charge < -0.3 is 15.4 Å². The molecule has 0 spiro atoms. The summed E-state index contributed by atoms with van der Waals surface area (Å²) in [7, 11) is 1.70. The molecule has 1 aliphatic heterocycles. The Morgan fingerprint density at radius 1 is 0.971 bits per heavy atom. The van der Waals surface area contributed by atoms with Crippen LogP contribution in [0.4, 0.5) is 20.5 Å². The molecule has 1 aliphatic rings. The molecule has 176 valence electrons. The number of nitrogens with zero attached hydrogens (tertiary/aromatic N) is 6. The van der Waals surface area contributed by atoms with Crippen LogP contribution < -0.4 is 10.6 Å². The van der Waals surface area contributed by atoms with Gasteiger partial charge in [-0.3, -0.25) is 4.90 Å². The maximum Gasteiger partial charge on any atom is 0.228 e. The molecule has 0 saturated carbocycles. The van der Waals surface area contributed by atoms with Crippen LogP contribution in [-0.4, -0.2) is 71.1 Å². The number of aromatic nitrogens is 4. The average molecular weight is 466 g/mol. The molecule has 0 atom stereocenters. The van der Waals surface area contributed by atoms with Crippen LogP contribution in [0.5, 0.6) is 0 Å². The van der Waals surface area contributed by atoms with Crippen LogP contribution in [0.2, 0.25) is 0 Å². The average Bonchev–Trinajstić information content (AvgIpc) is 3.19. The van der Waals surface area contributed by atoms with Gasteiger partial charge in [0.1, 0.15) is 17.5 Å². The Balaban J connectivity index is 1.59. The van der Waals surface area contributed by atoms with Crippen LogP contribution in [0, 0.1) is 11.6 Å². The Kier molecular flexibility index (Phi) is 6.08. The molecule has 34 heavy (non-hydrogen) atoms. The summed E-state index contributed by atoms with van der Waals surface area (Å²) in [6, 6.07) is 12.1. The molecule has 0 unspecified atom stereocenters. The van der Waals surface area contributed by atoms with Gasteiger partial charge in [-0.15, -0.1) is 5.10 Å². The summed E-state index contributed by atoms with van der Waals surface area (Å²) in [6.45, 7) is 4.77. The van der Waals surface area contributed by atoms with Crippen molar-refractivity contribution in [3.8, 4) is 16.9 Å². The maximum atomic E-state index is 13.9. The second-order valence-electron chi connectivity index (χ2n) is 8.18. The first kappa shape index (κ1) is 22.2. The smallest absolute Gasteiger partial charge is 0.228 e. The highest BCUT2D eigenvalue weighted by Gasteiger charge is 2.24. The van der Waals surface area contributed by atoms with Gasteiger partial charge in [-0.2, -0.15) is 4.98 Å². The summed E-state index contributed by atoms with van der Waals surface area (Å²) >= 11 is 0. The van der Waals surface area contributed by atoms with E-state index < -0.39 is 5.82 Å². The fraction of sp³-hybridized carbons (Fsp3) is 0.292. The zero-order chi connectivity index (χ0) is 23.7. The van der Waals surface area contributed by atoms with Crippen LogP contribution in [0.15, 0.2) is 48.5 Å². The quantitative estimate of drug-likeness (QED) is 0.468. The number of nitrogen functional groups attached to an aromatic ring is 1. The first-order valence-corrected chi connectivity index (χ1v) is 11.1. The van der Waals surface area contributed by atoms with E-state index in [2.05, 4.69) is 14.9 Å². The number of rotatable bonds is 6. The first-order valence-electron chi connectivity index (χ1n) is 11.1. The lowest BCUT2D eigenvalue weighted by Crippen LogP contribution is -2.47. The number of hydrogen-bond donors (Lipinski definition) is 1. The van der Waals surface area contributed by atoms with Crippen LogP contribution in [0.25, 0.3) is 28.0 Å². The molecule has 0 aliphatic carbocycles. The summed E-state index contributed by atoms with van der Waals surface area (Å²) in [5, 5.41) is 5.12. The molecule has 0 amide bonds. The second kappa shape index (κ2) is 9.32. The molecule has 5 rings (SSSR count). The van der Waals surface area contributed by atoms with E-state index in [0.717, 1.165) is 32.7 Å². The van der Waals surface area contributed by atoms with Gasteiger partial charge in [-0.05, 0) is 42.5 Å². The number of hydrogen-bond acceptors (Lipinski definition) is 7. The number of ether oxygens (including phenoxy) is 1. The number of fused-ring (bicyclic) bond motifs is 1. The Morgan fingerprint density at radius 3 is 2.44 bits per heavy atom. The van der Waals surface area contributed by atoms with E-state index >= 15 is 0 Å². The number of nitrogens with two attached hydrogens (primary N) is 1. The van der Waals surface area contributed by atoms with Crippen LogP contribution in [0.3, 0.4) is 0 Å². The van der Waals surface area contributed by atoms with E-state index in [-0.39, 0.29) is 11.6 Å². The zero-order valence-corrected chi connectivity index (χ0v) is 18.8. The summed E-state index contributed by atoms with van der Waals surface area (Å²) in [5.74, 6) is 0.0798. The molecule has 0 radical (unpaired) electrons. The van der Waals surface area contributed by atoms with Gasteiger partial charge >= 0.3 is 0 Å². The highest BCUT2D eigenvalue weighted by Crippen LogP contribution is 2.33. The Hall–Kier alpha value is -3.63. The normalized spacial score (nSPS) is 14.7. The molecule has 10 heteroatoms. The van der Waals surface area contributed by atoms with Gasteiger partial charge in [-0.1, -0.05) is 6.07 Å². The summed E-state index contributed by atoms with van der Waals surface area (Å²) in [4.78, 5) is 14.0. The van der Waals surface area contributed by atoms with Crippen LogP contribution >= 0.6 is 0 Å². The van der Waals surface area contributed by atoms with Crippen molar-refractivity contribution in [1.82, 2.24) is 24.6 Å². The van der Waals surface area contributed by atoms with Crippen molar-refractivity contribution in [1.29, 1.82) is 0 Å². The van der Waals surface area contributed by atoms with Crippen molar-refractivity contribution in [3.05, 3.63) is 60.2 Å². The molecule has 1 saturated heterocycles. The molecular formula is C24H25F2N7O. The third-order valence-electron chi connectivity index (χ3n) is 5.99. The molecule has 4 aromatic rings. The van der Waals surface area contributed by atoms with Crippen molar-refractivity contribution >= 4 is 22.8 Å². The lowest BCUT2D eigenvalue weighted by molar-refractivity contribution is 0.144. The van der Waals surface area contributed by atoms with Crippen LogP contribution in [-0.2, 0) is 4.74 Å². The molecule has 2 aromatic heterocycles. The van der Waals surface area contributed by atoms with E-state index in [1.807, 2.05) is 0 Å². The minimum atomic E-state index is -0.395. The summed E-state index contributed by atoms with van der Waals surface area (Å²) < 4.78 is 34.1. The lowest BCUT2D eigenvalue weighted by atomic mass is 10.1. The largest absolute Gasteiger partial charge is 0.383 e. The molecule has 3 heterocycles. The van der Waals surface area contributed by atoms with E-state index in [1.165, 1.54) is 28.9 Å². The molecule has 2 aromatic carbocycles. The zero-order valence-electron chi connectivity index (χ0n) is 18.8. The van der Waals surface area contributed by atoms with E-state index in [1.54, 1.807) is 31.4 Å². The number of halogens is 2. The van der Waals surface area contributed by atoms with Gasteiger partial charge in [0.15, 0.2) is 5.65 Å². The van der Waals surface area contributed by atoms with Crippen molar-refractivity contribution in [2.75, 3.05) is 57.1 Å². The molecule has 2 N–H and O–H groups in total. The van der Waals surface area contributed by atoms with Gasteiger partial charge in [0, 0.05) is 45.4 Å². The predicted octanol–water partition coefficient (Wildman–Crippen LogP) is 3.11. The van der Waals surface area contributed by atoms with Crippen molar-refractivity contribution in [2.24, 2.45) is 0 Å². The topological polar surface area (TPSA) is 85.3 Å². The molecule has 1 fully saturated rings. The lowest BCUT2D eigenvalue weighted by Gasteiger charge is -2.34. The standard InChI is InChI=1S/C24H25F2N7O/c1-34-14-13-31-9-11-32(12-10-31)24-28-21(16-5-7-17(25)8-6-16)20-22(27)33(30-23(20)29-24)19-4-2-3-18(26)15-19/h2-8,15H,9-14,27H2,1H3. The molecular weight excluding hydrogens is 440 g/mol. The minimum absolute atomic E-state index is 0.288. The number of methoxy groups -OCH3 is 1. The highest BCUT2D eigenvalue weighted by molar-refractivity contribution is 5.99. The number of anilines is 2. The van der Waals surface area contributed by atoms with E-state index in [0.29, 0.717) is 40.5 Å². The minimum Gasteiger partial charge on any atom is -0.383 e. The van der Waals surface area contributed by atoms with Gasteiger partial charge in [0.2, 0.25) is 5.95 Å².